The van der Waals surface area contributed by atoms with Crippen LogP contribution in [0.4, 0.5) is 0 Å². The van der Waals surface area contributed by atoms with Gasteiger partial charge in [0.25, 0.3) is 0 Å². The first-order valence-electron chi connectivity index (χ1n) is 15.0. The van der Waals surface area contributed by atoms with E-state index in [4.69, 9.17) is 4.74 Å². The summed E-state index contributed by atoms with van der Waals surface area (Å²) in [5.74, 6) is 0.0285. The fourth-order valence-corrected chi connectivity index (χ4v) is 8.73. The molecule has 3 fully saturated rings. The molecule has 0 bridgehead atoms. The van der Waals surface area contributed by atoms with E-state index in [1.54, 1.807) is 0 Å². The van der Waals surface area contributed by atoms with Crippen LogP contribution in [0.1, 0.15) is 96.6 Å². The minimum Gasteiger partial charge on any atom is -0.458 e. The van der Waals surface area contributed by atoms with E-state index in [1.807, 2.05) is 43.3 Å². The van der Waals surface area contributed by atoms with Gasteiger partial charge in [0.05, 0.1) is 12.5 Å². The predicted molar refractivity (Wildman–Crippen MR) is 150 cm³/mol. The summed E-state index contributed by atoms with van der Waals surface area (Å²) in [6.07, 6.45) is 7.96. The van der Waals surface area contributed by atoms with Crippen molar-refractivity contribution in [3.05, 3.63) is 47.5 Å². The van der Waals surface area contributed by atoms with Gasteiger partial charge in [-0.2, -0.15) is 0 Å². The summed E-state index contributed by atoms with van der Waals surface area (Å²) in [6, 6.07) is 9.39. The average Bonchev–Trinajstić information content (AvgIpc) is 3.22. The van der Waals surface area contributed by atoms with Gasteiger partial charge in [-0.05, 0) is 86.7 Å². The standard InChI is InChI=1S/C33H43NO6/c1-21(22-7-5-4-6-8-22)34-29(37)11-12-30(38)40-20-28(36)33(39)18-15-27-25-10-9-23-19-24(35)13-16-31(23,2)26(25)14-17-32(27,33)3/h4-8,19,21,25-27,39H,9-18,20H2,1-3H3,(H,34,37)/t21-,25+,26+,27+,31-,32-,33+/m0/s1. The van der Waals surface area contributed by atoms with Crippen LogP contribution in [0.25, 0.3) is 0 Å². The molecule has 0 heterocycles. The molecule has 4 aliphatic carbocycles. The Labute approximate surface area is 237 Å². The molecule has 4 aliphatic rings. The molecule has 0 unspecified atom stereocenters. The first kappa shape index (κ1) is 28.7. The van der Waals surface area contributed by atoms with Crippen LogP contribution in [0.2, 0.25) is 0 Å². The van der Waals surface area contributed by atoms with Crippen LogP contribution >= 0.6 is 0 Å². The third-order valence-corrected chi connectivity index (χ3v) is 11.2. The molecule has 0 spiro atoms. The maximum atomic E-state index is 13.4. The van der Waals surface area contributed by atoms with Gasteiger partial charge in [-0.1, -0.05) is 49.8 Å². The number of benzene rings is 1. The smallest absolute Gasteiger partial charge is 0.306 e. The van der Waals surface area contributed by atoms with Crippen LogP contribution in [-0.4, -0.2) is 40.8 Å². The number of rotatable bonds is 8. The van der Waals surface area contributed by atoms with E-state index < -0.39 is 29.4 Å². The number of allylic oxidation sites excluding steroid dienone is 1. The highest BCUT2D eigenvalue weighted by atomic mass is 16.5. The van der Waals surface area contributed by atoms with Gasteiger partial charge in [0.2, 0.25) is 11.7 Å². The van der Waals surface area contributed by atoms with Crippen LogP contribution in [-0.2, 0) is 23.9 Å². The number of ether oxygens (including phenoxy) is 1. The van der Waals surface area contributed by atoms with E-state index in [0.29, 0.717) is 24.7 Å². The number of hydrogen-bond donors (Lipinski definition) is 2. The van der Waals surface area contributed by atoms with Crippen molar-refractivity contribution in [1.29, 1.82) is 0 Å². The first-order valence-corrected chi connectivity index (χ1v) is 15.0. The Morgan fingerprint density at radius 2 is 1.73 bits per heavy atom. The molecule has 1 aromatic carbocycles. The van der Waals surface area contributed by atoms with Crippen molar-refractivity contribution in [2.75, 3.05) is 6.61 Å². The molecule has 7 nitrogen and oxygen atoms in total. The topological polar surface area (TPSA) is 110 Å². The van der Waals surface area contributed by atoms with Gasteiger partial charge < -0.3 is 15.2 Å². The third-order valence-electron chi connectivity index (χ3n) is 11.2. The summed E-state index contributed by atoms with van der Waals surface area (Å²) in [4.78, 5) is 50.2. The van der Waals surface area contributed by atoms with E-state index in [9.17, 15) is 24.3 Å². The molecule has 7 atom stereocenters. The highest BCUT2D eigenvalue weighted by Gasteiger charge is 2.66. The molecule has 0 aliphatic heterocycles. The lowest BCUT2D eigenvalue weighted by molar-refractivity contribution is -0.170. The number of Topliss-reactive ketones (excluding diaryl/α,β-unsaturated/α-hetero) is 1. The molecule has 0 aromatic heterocycles. The number of esters is 1. The number of carbonyl (C=O) groups is 4. The van der Waals surface area contributed by atoms with E-state index >= 15 is 0 Å². The second-order valence-corrected chi connectivity index (χ2v) is 13.1. The van der Waals surface area contributed by atoms with Crippen LogP contribution in [0.3, 0.4) is 0 Å². The molecule has 3 saturated carbocycles. The first-order chi connectivity index (χ1) is 19.0. The number of carbonyl (C=O) groups excluding carboxylic acids is 4. The summed E-state index contributed by atoms with van der Waals surface area (Å²) in [5.41, 5.74) is 0.220. The van der Waals surface area contributed by atoms with Crippen LogP contribution in [0, 0.1) is 28.6 Å². The molecule has 1 aromatic rings. The SMILES string of the molecule is C[C@H](NC(=O)CCC(=O)OCC(=O)[C@]1(O)CC[C@@H]2[C@@H]3CCC4=CC(=O)CC[C@]4(C)[C@@H]3CC[C@@]21C)c1ccccc1. The van der Waals surface area contributed by atoms with Gasteiger partial charge in [0.1, 0.15) is 5.60 Å². The van der Waals surface area contributed by atoms with Crippen molar-refractivity contribution in [3.8, 4) is 0 Å². The number of ketones is 2. The molecular weight excluding hydrogens is 506 g/mol. The minimum absolute atomic E-state index is 0.0296. The van der Waals surface area contributed by atoms with Gasteiger partial charge in [0.15, 0.2) is 12.4 Å². The van der Waals surface area contributed by atoms with E-state index in [2.05, 4.69) is 19.2 Å². The molecule has 7 heteroatoms. The fraction of sp³-hybridized carbons (Fsp3) is 0.636. The Balaban J connectivity index is 1.15. The quantitative estimate of drug-likeness (QED) is 0.441. The Morgan fingerprint density at radius 3 is 2.48 bits per heavy atom. The lowest BCUT2D eigenvalue weighted by atomic mass is 9.46. The number of amides is 1. The van der Waals surface area contributed by atoms with Crippen molar-refractivity contribution in [3.63, 3.8) is 0 Å². The zero-order valence-corrected chi connectivity index (χ0v) is 24.0. The molecule has 1 amide bonds. The monoisotopic (exact) mass is 549 g/mol. The van der Waals surface area contributed by atoms with E-state index in [-0.39, 0.29) is 41.9 Å². The van der Waals surface area contributed by atoms with Crippen molar-refractivity contribution >= 4 is 23.4 Å². The summed E-state index contributed by atoms with van der Waals surface area (Å²) >= 11 is 0. The number of nitrogens with one attached hydrogen (secondary N) is 1. The molecule has 0 saturated heterocycles. The summed E-state index contributed by atoms with van der Waals surface area (Å²) in [5, 5.41) is 14.7. The maximum Gasteiger partial charge on any atom is 0.306 e. The molecule has 5 rings (SSSR count). The normalized spacial score (nSPS) is 35.5. The summed E-state index contributed by atoms with van der Waals surface area (Å²) in [7, 11) is 0. The maximum absolute atomic E-state index is 13.4. The Bertz CT molecular complexity index is 1210. The van der Waals surface area contributed by atoms with E-state index in [0.717, 1.165) is 44.1 Å². The predicted octanol–water partition coefficient (Wildman–Crippen LogP) is 5.02. The van der Waals surface area contributed by atoms with Crippen molar-refractivity contribution in [1.82, 2.24) is 5.32 Å². The Hall–Kier alpha value is -2.80. The summed E-state index contributed by atoms with van der Waals surface area (Å²) in [6.45, 7) is 5.78. The van der Waals surface area contributed by atoms with Gasteiger partial charge in [-0.3, -0.25) is 19.2 Å². The Morgan fingerprint density at radius 1 is 1.00 bits per heavy atom. The van der Waals surface area contributed by atoms with Gasteiger partial charge in [-0.25, -0.2) is 0 Å². The average molecular weight is 550 g/mol. The van der Waals surface area contributed by atoms with Gasteiger partial charge in [0, 0.05) is 18.3 Å². The minimum atomic E-state index is -1.52. The van der Waals surface area contributed by atoms with E-state index in [1.165, 1.54) is 5.57 Å². The lowest BCUT2D eigenvalue weighted by Crippen LogP contribution is -2.58. The molecular formula is C33H43NO6. The number of hydrogen-bond acceptors (Lipinski definition) is 6. The highest BCUT2D eigenvalue weighted by molar-refractivity contribution is 5.92. The third kappa shape index (κ3) is 4.95. The molecule has 40 heavy (non-hydrogen) atoms. The van der Waals surface area contributed by atoms with Gasteiger partial charge in [-0.15, -0.1) is 0 Å². The number of fused-ring (bicyclic) bond motifs is 5. The molecule has 2 N–H and O–H groups in total. The highest BCUT2D eigenvalue weighted by Crippen LogP contribution is 2.67. The molecule has 0 radical (unpaired) electrons. The molecule has 216 valence electrons. The van der Waals surface area contributed by atoms with Crippen molar-refractivity contribution in [2.45, 2.75) is 96.6 Å². The number of aliphatic hydroxyl groups is 1. The zero-order valence-electron chi connectivity index (χ0n) is 24.0. The lowest BCUT2D eigenvalue weighted by Gasteiger charge is -2.58. The van der Waals surface area contributed by atoms with Crippen LogP contribution in [0.15, 0.2) is 42.0 Å². The second-order valence-electron chi connectivity index (χ2n) is 13.1. The largest absolute Gasteiger partial charge is 0.458 e. The second kappa shape index (κ2) is 10.9. The van der Waals surface area contributed by atoms with Crippen LogP contribution < -0.4 is 5.32 Å². The van der Waals surface area contributed by atoms with Gasteiger partial charge >= 0.3 is 5.97 Å². The van der Waals surface area contributed by atoms with Crippen molar-refractivity contribution < 1.29 is 29.0 Å². The van der Waals surface area contributed by atoms with Crippen LogP contribution in [0.5, 0.6) is 0 Å². The van der Waals surface area contributed by atoms with Crippen molar-refractivity contribution in [2.24, 2.45) is 28.6 Å². The summed E-state index contributed by atoms with van der Waals surface area (Å²) < 4.78 is 5.28. The fourth-order valence-electron chi connectivity index (χ4n) is 8.73. The Kier molecular flexibility index (Phi) is 7.81. The zero-order chi connectivity index (χ0) is 28.7.